The smallest absolute Gasteiger partial charge is 0.338 e. The molecule has 0 aromatic heterocycles. The summed E-state index contributed by atoms with van der Waals surface area (Å²) in [5.41, 5.74) is -0.0659. The first-order valence-corrected chi connectivity index (χ1v) is 12.4. The monoisotopic (exact) mass is 520 g/mol. The zero-order valence-corrected chi connectivity index (χ0v) is 20.7. The van der Waals surface area contributed by atoms with E-state index >= 15 is 0 Å². The lowest BCUT2D eigenvalue weighted by molar-refractivity contribution is -0.148. The van der Waals surface area contributed by atoms with E-state index < -0.39 is 46.8 Å². The van der Waals surface area contributed by atoms with Crippen LogP contribution < -0.4 is 0 Å². The summed E-state index contributed by atoms with van der Waals surface area (Å²) < 4.78 is 22.4. The van der Waals surface area contributed by atoms with Gasteiger partial charge in [-0.3, -0.25) is 4.79 Å². The molecule has 3 aromatic rings. The lowest BCUT2D eigenvalue weighted by atomic mass is 10.1. The van der Waals surface area contributed by atoms with Crippen LogP contribution in [0.4, 0.5) is 0 Å². The molecular weight excluding hydrogens is 496 g/mol. The van der Waals surface area contributed by atoms with Crippen LogP contribution in [0.2, 0.25) is 0 Å². The number of esters is 4. The van der Waals surface area contributed by atoms with E-state index in [0.717, 1.165) is 11.8 Å². The van der Waals surface area contributed by atoms with Crippen molar-refractivity contribution >= 4 is 35.6 Å². The highest BCUT2D eigenvalue weighted by Crippen LogP contribution is 2.40. The van der Waals surface area contributed by atoms with Gasteiger partial charge in [-0.25, -0.2) is 14.4 Å². The molecule has 0 radical (unpaired) electrons. The lowest BCUT2D eigenvalue weighted by Gasteiger charge is -2.25. The van der Waals surface area contributed by atoms with Crippen molar-refractivity contribution in [2.45, 2.75) is 29.8 Å². The fourth-order valence-electron chi connectivity index (χ4n) is 3.70. The Labute approximate surface area is 217 Å². The van der Waals surface area contributed by atoms with Gasteiger partial charge >= 0.3 is 23.9 Å². The molecule has 0 saturated carbocycles. The zero-order chi connectivity index (χ0) is 26.2. The highest BCUT2D eigenvalue weighted by atomic mass is 32.2. The minimum atomic E-state index is -1.14. The van der Waals surface area contributed by atoms with Gasteiger partial charge in [-0.2, -0.15) is 0 Å². The van der Waals surface area contributed by atoms with E-state index in [2.05, 4.69) is 0 Å². The topological polar surface area (TPSA) is 105 Å². The number of rotatable bonds is 8. The number of thioether (sulfide) groups is 1. The highest BCUT2D eigenvalue weighted by Gasteiger charge is 2.51. The molecule has 4 rings (SSSR count). The molecule has 190 valence electrons. The van der Waals surface area contributed by atoms with Gasteiger partial charge in [0.2, 0.25) is 0 Å². The van der Waals surface area contributed by atoms with E-state index in [4.69, 9.17) is 18.9 Å². The maximum Gasteiger partial charge on any atom is 0.338 e. The Morgan fingerprint density at radius 1 is 0.622 bits per heavy atom. The Kier molecular flexibility index (Phi) is 8.58. The average molecular weight is 521 g/mol. The summed E-state index contributed by atoms with van der Waals surface area (Å²) in [5, 5.41) is -0.682. The maximum absolute atomic E-state index is 12.9. The van der Waals surface area contributed by atoms with Crippen LogP contribution in [0.25, 0.3) is 0 Å². The van der Waals surface area contributed by atoms with Crippen LogP contribution in [0.15, 0.2) is 91.0 Å². The van der Waals surface area contributed by atoms with Crippen molar-refractivity contribution < 1.29 is 38.1 Å². The van der Waals surface area contributed by atoms with Gasteiger partial charge in [0.1, 0.15) is 6.61 Å². The van der Waals surface area contributed by atoms with Gasteiger partial charge in [0.25, 0.3) is 0 Å². The van der Waals surface area contributed by atoms with Gasteiger partial charge in [0, 0.05) is 6.92 Å². The molecule has 0 amide bonds. The fourth-order valence-corrected chi connectivity index (χ4v) is 5.11. The van der Waals surface area contributed by atoms with Crippen LogP contribution >= 0.6 is 11.8 Å². The van der Waals surface area contributed by atoms with Crippen molar-refractivity contribution in [3.05, 3.63) is 108 Å². The average Bonchev–Trinajstić information content (AvgIpc) is 3.23. The molecule has 0 spiro atoms. The number of hydrogen-bond acceptors (Lipinski definition) is 9. The van der Waals surface area contributed by atoms with Gasteiger partial charge in [0.15, 0.2) is 17.6 Å². The second kappa shape index (κ2) is 12.2. The Morgan fingerprint density at radius 3 is 1.51 bits per heavy atom. The van der Waals surface area contributed by atoms with Gasteiger partial charge in [-0.05, 0) is 36.4 Å². The van der Waals surface area contributed by atoms with Gasteiger partial charge < -0.3 is 18.9 Å². The summed E-state index contributed by atoms with van der Waals surface area (Å²) in [5.74, 6) is -2.50. The molecule has 1 fully saturated rings. The van der Waals surface area contributed by atoms with Crippen molar-refractivity contribution in [2.24, 2.45) is 0 Å². The van der Waals surface area contributed by atoms with Crippen LogP contribution in [-0.2, 0) is 23.7 Å². The predicted molar refractivity (Wildman–Crippen MR) is 135 cm³/mol. The summed E-state index contributed by atoms with van der Waals surface area (Å²) in [6.07, 6.45) is -2.21. The van der Waals surface area contributed by atoms with Crippen molar-refractivity contribution in [2.75, 3.05) is 6.61 Å². The van der Waals surface area contributed by atoms with Crippen molar-refractivity contribution in [1.29, 1.82) is 0 Å². The van der Waals surface area contributed by atoms with Crippen molar-refractivity contribution in [1.82, 2.24) is 0 Å². The van der Waals surface area contributed by atoms with E-state index in [1.165, 1.54) is 6.92 Å². The molecule has 0 aliphatic carbocycles. The minimum Gasteiger partial charge on any atom is -0.461 e. The molecule has 1 saturated heterocycles. The molecular formula is C28H24O8S. The zero-order valence-electron chi connectivity index (χ0n) is 19.9. The fraction of sp³-hybridized carbons (Fsp3) is 0.214. The normalized spacial score (nSPS) is 20.5. The molecule has 4 atom stereocenters. The van der Waals surface area contributed by atoms with Crippen LogP contribution in [0, 0.1) is 0 Å². The Hall–Kier alpha value is -4.11. The third kappa shape index (κ3) is 6.77. The van der Waals surface area contributed by atoms with Gasteiger partial charge in [0.05, 0.1) is 21.9 Å². The van der Waals surface area contributed by atoms with Crippen molar-refractivity contribution in [3.8, 4) is 0 Å². The Balaban J connectivity index is 1.58. The molecule has 3 aromatic carbocycles. The van der Waals surface area contributed by atoms with Crippen LogP contribution in [0.1, 0.15) is 38.0 Å². The molecule has 1 heterocycles. The summed E-state index contributed by atoms with van der Waals surface area (Å²) >= 11 is 1.09. The summed E-state index contributed by atoms with van der Waals surface area (Å²) in [6.45, 7) is 1.05. The Morgan fingerprint density at radius 2 is 1.05 bits per heavy atom. The molecule has 37 heavy (non-hydrogen) atoms. The molecule has 1 unspecified atom stereocenters. The van der Waals surface area contributed by atoms with Crippen LogP contribution in [-0.4, -0.2) is 53.4 Å². The lowest BCUT2D eigenvalue weighted by Crippen LogP contribution is -2.42. The highest BCUT2D eigenvalue weighted by molar-refractivity contribution is 8.00. The number of carbonyl (C=O) groups excluding carboxylic acids is 4. The molecule has 1 aliphatic heterocycles. The third-order valence-electron chi connectivity index (χ3n) is 5.44. The predicted octanol–water partition coefficient (Wildman–Crippen LogP) is 4.30. The second-order valence-corrected chi connectivity index (χ2v) is 9.43. The molecule has 0 bridgehead atoms. The first-order chi connectivity index (χ1) is 17.9. The molecule has 8 nitrogen and oxygen atoms in total. The van der Waals surface area contributed by atoms with E-state index in [1.807, 2.05) is 0 Å². The van der Waals surface area contributed by atoms with Crippen LogP contribution in [0.5, 0.6) is 0 Å². The number of ether oxygens (including phenoxy) is 4. The Bertz CT molecular complexity index is 1230. The van der Waals surface area contributed by atoms with Crippen LogP contribution in [0.3, 0.4) is 0 Å². The summed E-state index contributed by atoms with van der Waals surface area (Å²) in [7, 11) is 0. The molecule has 1 aliphatic rings. The van der Waals surface area contributed by atoms with E-state index in [0.29, 0.717) is 5.56 Å². The summed E-state index contributed by atoms with van der Waals surface area (Å²) in [4.78, 5) is 50.2. The van der Waals surface area contributed by atoms with E-state index in [1.54, 1.807) is 91.0 Å². The van der Waals surface area contributed by atoms with E-state index in [9.17, 15) is 19.2 Å². The largest absolute Gasteiger partial charge is 0.461 e. The number of hydrogen-bond donors (Lipinski definition) is 0. The second-order valence-electron chi connectivity index (χ2n) is 8.09. The van der Waals surface area contributed by atoms with Crippen molar-refractivity contribution in [3.63, 3.8) is 0 Å². The van der Waals surface area contributed by atoms with E-state index in [-0.39, 0.29) is 17.7 Å². The SMILES string of the molecule is CC(=O)OC1S[C@H](COC(=O)c2ccccc2)[C@@H](OC(=O)c2ccccc2)[C@H]1OC(=O)c1ccccc1. The first-order valence-electron chi connectivity index (χ1n) is 11.5. The van der Waals surface area contributed by atoms with Gasteiger partial charge in [-0.1, -0.05) is 54.6 Å². The molecule has 0 N–H and O–H groups in total. The summed E-state index contributed by atoms with van der Waals surface area (Å²) in [6, 6.07) is 25.0. The third-order valence-corrected chi connectivity index (χ3v) is 6.83. The molecule has 9 heteroatoms. The quantitative estimate of drug-likeness (QED) is 0.317. The number of carbonyl (C=O) groups is 4. The van der Waals surface area contributed by atoms with Gasteiger partial charge in [-0.15, -0.1) is 11.8 Å². The minimum absolute atomic E-state index is 0.178. The standard InChI is InChI=1S/C28H24O8S/c1-18(29)34-28-24(36-27(32)21-15-9-4-10-16-21)23(35-26(31)20-13-7-3-8-14-20)22(37-28)17-33-25(30)19-11-5-2-6-12-19/h2-16,22-24,28H,17H2,1H3/t22-,23-,24-,28?/m1/s1. The maximum atomic E-state index is 12.9. The number of benzene rings is 3. The first kappa shape index (κ1) is 26.0.